The lowest BCUT2D eigenvalue weighted by atomic mass is 10.0. The second-order valence-corrected chi connectivity index (χ2v) is 4.32. The molecule has 1 aromatic carbocycles. The summed E-state index contributed by atoms with van der Waals surface area (Å²) >= 11 is 0. The molecule has 2 heterocycles. The number of hydrogen-bond acceptors (Lipinski definition) is 4. The third kappa shape index (κ3) is 1.46. The van der Waals surface area contributed by atoms with Crippen molar-refractivity contribution in [2.45, 2.75) is 13.8 Å². The van der Waals surface area contributed by atoms with Crippen LogP contribution >= 0.6 is 0 Å². The van der Waals surface area contributed by atoms with Crippen LogP contribution in [0, 0.1) is 13.8 Å². The number of nitrogen functional groups attached to an aromatic ring is 1. The highest BCUT2D eigenvalue weighted by molar-refractivity contribution is 5.91. The van der Waals surface area contributed by atoms with Gasteiger partial charge in [-0.3, -0.25) is 0 Å². The van der Waals surface area contributed by atoms with Crippen LogP contribution in [0.2, 0.25) is 0 Å². The van der Waals surface area contributed by atoms with Crippen molar-refractivity contribution in [3.8, 4) is 11.3 Å². The highest BCUT2D eigenvalue weighted by Crippen LogP contribution is 2.31. The molecular weight excluding hydrogens is 226 g/mol. The Morgan fingerprint density at radius 2 is 1.78 bits per heavy atom. The van der Waals surface area contributed by atoms with Crippen LogP contribution in [0.15, 0.2) is 34.9 Å². The summed E-state index contributed by atoms with van der Waals surface area (Å²) in [6.45, 7) is 4.05. The molecule has 0 atom stereocenters. The summed E-state index contributed by atoms with van der Waals surface area (Å²) in [6, 6.07) is 10.0. The standard InChI is InChI=1S/C14H13N3O/c1-8-9(2)12(10-6-4-3-5-7-10)16-14-11(8)13(15)17-18-14/h3-7H,1-2H3,(H2,15,17). The predicted molar refractivity (Wildman–Crippen MR) is 71.1 cm³/mol. The summed E-state index contributed by atoms with van der Waals surface area (Å²) in [5.41, 5.74) is 10.4. The SMILES string of the molecule is Cc1c(-c2ccccc2)nc2onc(N)c2c1C. The summed E-state index contributed by atoms with van der Waals surface area (Å²) in [7, 11) is 0. The van der Waals surface area contributed by atoms with E-state index < -0.39 is 0 Å². The second kappa shape index (κ2) is 3.84. The Bertz CT molecular complexity index is 717. The smallest absolute Gasteiger partial charge is 0.260 e. The molecule has 0 unspecified atom stereocenters. The summed E-state index contributed by atoms with van der Waals surface area (Å²) < 4.78 is 5.16. The number of nitrogens with zero attached hydrogens (tertiary/aromatic N) is 2. The Morgan fingerprint density at radius 3 is 2.50 bits per heavy atom. The van der Waals surface area contributed by atoms with Crippen LogP contribution < -0.4 is 5.73 Å². The molecule has 0 bridgehead atoms. The molecule has 0 amide bonds. The maximum atomic E-state index is 5.79. The minimum absolute atomic E-state index is 0.401. The molecule has 0 aliphatic carbocycles. The van der Waals surface area contributed by atoms with E-state index in [0.717, 1.165) is 27.8 Å². The Balaban J connectivity index is 2.35. The fourth-order valence-corrected chi connectivity index (χ4v) is 2.15. The number of pyridine rings is 1. The van der Waals surface area contributed by atoms with Crippen molar-refractivity contribution < 1.29 is 4.52 Å². The zero-order valence-electron chi connectivity index (χ0n) is 10.3. The van der Waals surface area contributed by atoms with Crippen LogP contribution in [-0.2, 0) is 0 Å². The number of nitrogens with two attached hydrogens (primary N) is 1. The van der Waals surface area contributed by atoms with Gasteiger partial charge in [-0.05, 0) is 25.0 Å². The molecule has 0 saturated heterocycles. The van der Waals surface area contributed by atoms with Gasteiger partial charge in [0.25, 0.3) is 5.71 Å². The molecule has 3 aromatic rings. The van der Waals surface area contributed by atoms with Crippen LogP contribution in [0.25, 0.3) is 22.4 Å². The first-order chi connectivity index (χ1) is 8.68. The fourth-order valence-electron chi connectivity index (χ4n) is 2.15. The van der Waals surface area contributed by atoms with Crippen molar-refractivity contribution in [1.29, 1.82) is 0 Å². The molecule has 0 saturated carbocycles. The normalized spacial score (nSPS) is 11.0. The largest absolute Gasteiger partial charge is 0.380 e. The lowest BCUT2D eigenvalue weighted by Gasteiger charge is -2.08. The second-order valence-electron chi connectivity index (χ2n) is 4.32. The van der Waals surface area contributed by atoms with E-state index in [0.29, 0.717) is 11.5 Å². The van der Waals surface area contributed by atoms with Crippen LogP contribution in [0.4, 0.5) is 5.82 Å². The summed E-state index contributed by atoms with van der Waals surface area (Å²) in [5, 5.41) is 4.58. The quantitative estimate of drug-likeness (QED) is 0.708. The van der Waals surface area contributed by atoms with Gasteiger partial charge < -0.3 is 10.3 Å². The van der Waals surface area contributed by atoms with Gasteiger partial charge in [0.15, 0.2) is 5.82 Å². The van der Waals surface area contributed by atoms with Crippen molar-refractivity contribution in [1.82, 2.24) is 10.1 Å². The molecule has 0 aliphatic rings. The van der Waals surface area contributed by atoms with E-state index in [-0.39, 0.29) is 0 Å². The van der Waals surface area contributed by atoms with Gasteiger partial charge in [0.05, 0.1) is 11.1 Å². The summed E-state index contributed by atoms with van der Waals surface area (Å²) in [5.74, 6) is 0.401. The number of rotatable bonds is 1. The number of fused-ring (bicyclic) bond motifs is 1. The van der Waals surface area contributed by atoms with Gasteiger partial charge in [-0.1, -0.05) is 35.5 Å². The Morgan fingerprint density at radius 1 is 1.06 bits per heavy atom. The Labute approximate surface area is 104 Å². The molecule has 4 nitrogen and oxygen atoms in total. The summed E-state index contributed by atoms with van der Waals surface area (Å²) in [6.07, 6.45) is 0. The van der Waals surface area contributed by atoms with Gasteiger partial charge >= 0.3 is 0 Å². The van der Waals surface area contributed by atoms with Crippen LogP contribution in [0.5, 0.6) is 0 Å². The van der Waals surface area contributed by atoms with Gasteiger partial charge in [0, 0.05) is 5.56 Å². The molecule has 0 spiro atoms. The Hall–Kier alpha value is -2.36. The summed E-state index contributed by atoms with van der Waals surface area (Å²) in [4.78, 5) is 4.52. The molecule has 0 aliphatic heterocycles. The molecule has 3 rings (SSSR count). The number of aryl methyl sites for hydroxylation is 1. The minimum atomic E-state index is 0.401. The molecule has 90 valence electrons. The third-order valence-electron chi connectivity index (χ3n) is 3.25. The van der Waals surface area contributed by atoms with Crippen molar-refractivity contribution >= 4 is 16.9 Å². The van der Waals surface area contributed by atoms with E-state index in [2.05, 4.69) is 10.1 Å². The zero-order valence-corrected chi connectivity index (χ0v) is 10.3. The monoisotopic (exact) mass is 239 g/mol. The first kappa shape index (κ1) is 10.8. The number of aromatic nitrogens is 2. The molecule has 2 aromatic heterocycles. The van der Waals surface area contributed by atoms with Gasteiger partial charge in [0.1, 0.15) is 0 Å². The average Bonchev–Trinajstić information content (AvgIpc) is 2.76. The zero-order chi connectivity index (χ0) is 12.7. The van der Waals surface area contributed by atoms with E-state index in [9.17, 15) is 0 Å². The topological polar surface area (TPSA) is 64.9 Å². The van der Waals surface area contributed by atoms with Gasteiger partial charge in [-0.25, -0.2) is 4.98 Å². The van der Waals surface area contributed by atoms with Crippen molar-refractivity contribution in [3.63, 3.8) is 0 Å². The molecule has 18 heavy (non-hydrogen) atoms. The number of benzene rings is 1. The number of hydrogen-bond donors (Lipinski definition) is 1. The lowest BCUT2D eigenvalue weighted by molar-refractivity contribution is 0.452. The maximum Gasteiger partial charge on any atom is 0.260 e. The molecule has 2 N–H and O–H groups in total. The average molecular weight is 239 g/mol. The fraction of sp³-hybridized carbons (Fsp3) is 0.143. The molecule has 0 fully saturated rings. The lowest BCUT2D eigenvalue weighted by Crippen LogP contribution is -1.94. The van der Waals surface area contributed by atoms with Gasteiger partial charge in [0.2, 0.25) is 0 Å². The van der Waals surface area contributed by atoms with Crippen molar-refractivity contribution in [2.75, 3.05) is 5.73 Å². The van der Waals surface area contributed by atoms with E-state index in [1.165, 1.54) is 0 Å². The van der Waals surface area contributed by atoms with Gasteiger partial charge in [-0.2, -0.15) is 0 Å². The van der Waals surface area contributed by atoms with Gasteiger partial charge in [-0.15, -0.1) is 0 Å². The highest BCUT2D eigenvalue weighted by atomic mass is 16.5. The molecular formula is C14H13N3O. The van der Waals surface area contributed by atoms with Crippen molar-refractivity contribution in [2.24, 2.45) is 0 Å². The highest BCUT2D eigenvalue weighted by Gasteiger charge is 2.15. The van der Waals surface area contributed by atoms with Crippen LogP contribution in [-0.4, -0.2) is 10.1 Å². The predicted octanol–water partition coefficient (Wildman–Crippen LogP) is 3.09. The van der Waals surface area contributed by atoms with E-state index in [1.54, 1.807) is 0 Å². The minimum Gasteiger partial charge on any atom is -0.380 e. The van der Waals surface area contributed by atoms with Crippen LogP contribution in [0.1, 0.15) is 11.1 Å². The molecule has 0 radical (unpaired) electrons. The first-order valence-corrected chi connectivity index (χ1v) is 5.76. The van der Waals surface area contributed by atoms with E-state index in [4.69, 9.17) is 10.3 Å². The molecule has 4 heteroatoms. The van der Waals surface area contributed by atoms with E-state index in [1.807, 2.05) is 44.2 Å². The number of anilines is 1. The third-order valence-corrected chi connectivity index (χ3v) is 3.25. The maximum absolute atomic E-state index is 5.79. The van der Waals surface area contributed by atoms with Crippen molar-refractivity contribution in [3.05, 3.63) is 41.5 Å². The van der Waals surface area contributed by atoms with Crippen LogP contribution in [0.3, 0.4) is 0 Å². The first-order valence-electron chi connectivity index (χ1n) is 5.76. The van der Waals surface area contributed by atoms with E-state index >= 15 is 0 Å². The Kier molecular flexibility index (Phi) is 2.30.